The van der Waals surface area contributed by atoms with Gasteiger partial charge in [0.15, 0.2) is 5.82 Å². The van der Waals surface area contributed by atoms with Crippen LogP contribution in [0.3, 0.4) is 0 Å². The molecular formula is C15H12ClN3O. The van der Waals surface area contributed by atoms with Crippen LogP contribution >= 0.6 is 11.6 Å². The summed E-state index contributed by atoms with van der Waals surface area (Å²) in [6.07, 6.45) is 0. The molecule has 0 aliphatic rings. The van der Waals surface area contributed by atoms with E-state index in [2.05, 4.69) is 10.4 Å². The summed E-state index contributed by atoms with van der Waals surface area (Å²) in [6.45, 7) is 0. The number of nitrogens with zero attached hydrogens (tertiary/aromatic N) is 2. The van der Waals surface area contributed by atoms with Gasteiger partial charge in [0.1, 0.15) is 0 Å². The molecule has 1 aromatic heterocycles. The average Bonchev–Trinajstić information content (AvgIpc) is 2.48. The van der Waals surface area contributed by atoms with Crippen molar-refractivity contribution in [2.45, 2.75) is 0 Å². The maximum absolute atomic E-state index is 12.5. The lowest BCUT2D eigenvalue weighted by Crippen LogP contribution is -2.29. The molecule has 2 aromatic carbocycles. The molecule has 0 bridgehead atoms. The van der Waals surface area contributed by atoms with Gasteiger partial charge in [-0.25, -0.2) is 9.66 Å². The first-order valence-electron chi connectivity index (χ1n) is 6.16. The van der Waals surface area contributed by atoms with Crippen molar-refractivity contribution in [1.82, 2.24) is 9.66 Å². The lowest BCUT2D eigenvalue weighted by atomic mass is 10.2. The first-order valence-corrected chi connectivity index (χ1v) is 6.54. The van der Waals surface area contributed by atoms with E-state index >= 15 is 0 Å². The van der Waals surface area contributed by atoms with Gasteiger partial charge in [0, 0.05) is 17.6 Å². The molecule has 3 aromatic rings. The van der Waals surface area contributed by atoms with Crippen LogP contribution in [0.25, 0.3) is 22.3 Å². The number of halogens is 1. The molecular weight excluding hydrogens is 274 g/mol. The Bertz CT molecular complexity index is 828. The molecule has 0 radical (unpaired) electrons. The molecule has 0 fully saturated rings. The summed E-state index contributed by atoms with van der Waals surface area (Å²) < 4.78 is 1.42. The summed E-state index contributed by atoms with van der Waals surface area (Å²) in [5, 5.41) is 1.01. The fraction of sp³-hybridized carbons (Fsp3) is 0.0667. The molecule has 0 spiro atoms. The Hall–Kier alpha value is -2.33. The molecule has 3 rings (SSSR count). The molecule has 20 heavy (non-hydrogen) atoms. The molecule has 5 heteroatoms. The fourth-order valence-electron chi connectivity index (χ4n) is 2.15. The smallest absolute Gasteiger partial charge is 0.280 e. The lowest BCUT2D eigenvalue weighted by Gasteiger charge is -2.12. The van der Waals surface area contributed by atoms with Gasteiger partial charge in [-0.3, -0.25) is 4.79 Å². The van der Waals surface area contributed by atoms with Gasteiger partial charge >= 0.3 is 0 Å². The van der Waals surface area contributed by atoms with E-state index in [9.17, 15) is 4.79 Å². The van der Waals surface area contributed by atoms with Gasteiger partial charge in [-0.15, -0.1) is 0 Å². The highest BCUT2D eigenvalue weighted by atomic mass is 35.5. The van der Waals surface area contributed by atoms with Crippen LogP contribution in [0, 0.1) is 0 Å². The van der Waals surface area contributed by atoms with Crippen LogP contribution in [0.2, 0.25) is 5.02 Å². The molecule has 0 amide bonds. The van der Waals surface area contributed by atoms with Crippen LogP contribution in [-0.4, -0.2) is 16.7 Å². The van der Waals surface area contributed by atoms with Crippen molar-refractivity contribution < 1.29 is 0 Å². The number of hydrogen-bond acceptors (Lipinski definition) is 3. The minimum absolute atomic E-state index is 0.168. The lowest BCUT2D eigenvalue weighted by molar-refractivity contribution is 0.868. The third-order valence-electron chi connectivity index (χ3n) is 3.09. The van der Waals surface area contributed by atoms with Crippen LogP contribution in [0.5, 0.6) is 0 Å². The van der Waals surface area contributed by atoms with E-state index in [1.54, 1.807) is 25.2 Å². The Labute approximate surface area is 120 Å². The highest BCUT2D eigenvalue weighted by Crippen LogP contribution is 2.20. The highest BCUT2D eigenvalue weighted by molar-refractivity contribution is 6.31. The summed E-state index contributed by atoms with van der Waals surface area (Å²) in [4.78, 5) is 17.1. The summed E-state index contributed by atoms with van der Waals surface area (Å²) in [6, 6.07) is 14.7. The predicted octanol–water partition coefficient (Wildman–Crippen LogP) is 2.89. The largest absolute Gasteiger partial charge is 0.324 e. The molecule has 0 saturated heterocycles. The van der Waals surface area contributed by atoms with E-state index in [0.29, 0.717) is 21.7 Å². The second-order valence-corrected chi connectivity index (χ2v) is 4.76. The molecule has 0 atom stereocenters. The summed E-state index contributed by atoms with van der Waals surface area (Å²) >= 11 is 5.95. The normalized spacial score (nSPS) is 10.7. The van der Waals surface area contributed by atoms with Crippen molar-refractivity contribution >= 4 is 22.5 Å². The number of nitrogens with one attached hydrogen (secondary N) is 1. The molecule has 0 saturated carbocycles. The zero-order chi connectivity index (χ0) is 14.1. The molecule has 100 valence electrons. The fourth-order valence-corrected chi connectivity index (χ4v) is 2.32. The van der Waals surface area contributed by atoms with Gasteiger partial charge in [0.25, 0.3) is 5.56 Å². The molecule has 0 aliphatic carbocycles. The predicted molar refractivity (Wildman–Crippen MR) is 81.7 cm³/mol. The van der Waals surface area contributed by atoms with Crippen molar-refractivity contribution in [1.29, 1.82) is 0 Å². The average molecular weight is 286 g/mol. The highest BCUT2D eigenvalue weighted by Gasteiger charge is 2.11. The van der Waals surface area contributed by atoms with Crippen molar-refractivity contribution in [2.75, 3.05) is 12.5 Å². The van der Waals surface area contributed by atoms with Crippen molar-refractivity contribution in [3.05, 3.63) is 63.9 Å². The first kappa shape index (κ1) is 12.7. The maximum Gasteiger partial charge on any atom is 0.280 e. The van der Waals surface area contributed by atoms with E-state index in [1.807, 2.05) is 30.3 Å². The van der Waals surface area contributed by atoms with E-state index < -0.39 is 0 Å². The molecule has 0 unspecified atom stereocenters. The van der Waals surface area contributed by atoms with E-state index in [1.165, 1.54) is 4.68 Å². The van der Waals surface area contributed by atoms with Gasteiger partial charge in [-0.05, 0) is 18.2 Å². The first-order chi connectivity index (χ1) is 9.70. The van der Waals surface area contributed by atoms with E-state index in [4.69, 9.17) is 11.6 Å². The Morgan fingerprint density at radius 3 is 2.60 bits per heavy atom. The van der Waals surface area contributed by atoms with Gasteiger partial charge in [-0.1, -0.05) is 41.9 Å². The summed E-state index contributed by atoms with van der Waals surface area (Å²) in [5.74, 6) is 0.577. The monoisotopic (exact) mass is 285 g/mol. The third kappa shape index (κ3) is 2.04. The van der Waals surface area contributed by atoms with Crippen molar-refractivity contribution in [2.24, 2.45) is 0 Å². The Morgan fingerprint density at radius 1 is 1.15 bits per heavy atom. The zero-order valence-electron chi connectivity index (χ0n) is 10.8. The van der Waals surface area contributed by atoms with E-state index in [-0.39, 0.29) is 5.56 Å². The van der Waals surface area contributed by atoms with Crippen LogP contribution in [0.15, 0.2) is 53.3 Å². The molecule has 1 N–H and O–H groups in total. The Balaban J connectivity index is 2.39. The van der Waals surface area contributed by atoms with Gasteiger partial charge in [0.2, 0.25) is 0 Å². The SMILES string of the molecule is CNn1c(-c2ccccc2)nc2ccc(Cl)cc2c1=O. The zero-order valence-corrected chi connectivity index (χ0v) is 11.6. The van der Waals surface area contributed by atoms with Crippen LogP contribution < -0.4 is 11.0 Å². The number of hydrogen-bond donors (Lipinski definition) is 1. The standard InChI is InChI=1S/C15H12ClN3O/c1-17-19-14(10-5-3-2-4-6-10)18-13-8-7-11(16)9-12(13)15(19)20/h2-9,17H,1H3. The summed E-state index contributed by atoms with van der Waals surface area (Å²) in [5.41, 5.74) is 4.21. The number of rotatable bonds is 2. The van der Waals surface area contributed by atoms with Gasteiger partial charge < -0.3 is 5.43 Å². The number of benzene rings is 2. The van der Waals surface area contributed by atoms with Crippen LogP contribution in [0.1, 0.15) is 0 Å². The topological polar surface area (TPSA) is 46.9 Å². The van der Waals surface area contributed by atoms with Crippen LogP contribution in [0.4, 0.5) is 0 Å². The maximum atomic E-state index is 12.5. The second kappa shape index (κ2) is 4.98. The Morgan fingerprint density at radius 2 is 1.90 bits per heavy atom. The van der Waals surface area contributed by atoms with Crippen LogP contribution in [-0.2, 0) is 0 Å². The number of aromatic nitrogens is 2. The summed E-state index contributed by atoms with van der Waals surface area (Å²) in [7, 11) is 1.69. The van der Waals surface area contributed by atoms with Gasteiger partial charge in [-0.2, -0.15) is 0 Å². The minimum atomic E-state index is -0.168. The Kier molecular flexibility index (Phi) is 3.16. The van der Waals surface area contributed by atoms with Crippen molar-refractivity contribution in [3.8, 4) is 11.4 Å². The van der Waals surface area contributed by atoms with Gasteiger partial charge in [0.05, 0.1) is 10.9 Å². The minimum Gasteiger partial charge on any atom is -0.324 e. The van der Waals surface area contributed by atoms with Crippen molar-refractivity contribution in [3.63, 3.8) is 0 Å². The number of fused-ring (bicyclic) bond motifs is 1. The quantitative estimate of drug-likeness (QED) is 0.787. The second-order valence-electron chi connectivity index (χ2n) is 4.33. The molecule has 4 nitrogen and oxygen atoms in total. The molecule has 1 heterocycles. The van der Waals surface area contributed by atoms with E-state index in [0.717, 1.165) is 5.56 Å². The molecule has 0 aliphatic heterocycles. The third-order valence-corrected chi connectivity index (χ3v) is 3.32.